The summed E-state index contributed by atoms with van der Waals surface area (Å²) in [5, 5.41) is 2.41. The van der Waals surface area contributed by atoms with Crippen LogP contribution in [0.1, 0.15) is 38.5 Å². The Bertz CT molecular complexity index is 802. The van der Waals surface area contributed by atoms with Crippen LogP contribution in [0.4, 0.5) is 0 Å². The third kappa shape index (κ3) is 4.26. The van der Waals surface area contributed by atoms with Gasteiger partial charge in [-0.05, 0) is 60.7 Å². The third-order valence-electron chi connectivity index (χ3n) is 7.58. The highest BCUT2D eigenvalue weighted by atomic mass is 28.4. The smallest absolute Gasteiger partial charge is 0.387 e. The molecule has 2 saturated carbocycles. The molecule has 5 heteroatoms. The fourth-order valence-electron chi connectivity index (χ4n) is 5.60. The summed E-state index contributed by atoms with van der Waals surface area (Å²) in [5.74, 6) is 1.11. The maximum absolute atomic E-state index is 6.97. The molecule has 164 valence electrons. The second kappa shape index (κ2) is 8.45. The number of fused-ring (bicyclic) bond motifs is 2. The van der Waals surface area contributed by atoms with Gasteiger partial charge in [-0.3, -0.25) is 0 Å². The lowest BCUT2D eigenvalue weighted by Crippen LogP contribution is -2.64. The number of rotatable bonds is 8. The molecule has 0 amide bonds. The van der Waals surface area contributed by atoms with Crippen molar-refractivity contribution in [2.45, 2.75) is 62.9 Å². The largest absolute Gasteiger partial charge is 0.407 e. The Hall–Kier alpha value is -1.50. The Morgan fingerprint density at radius 2 is 1.06 bits per heavy atom. The van der Waals surface area contributed by atoms with E-state index in [1.54, 1.807) is 0 Å². The van der Waals surface area contributed by atoms with Crippen LogP contribution in [0, 0.1) is 11.8 Å². The summed E-state index contributed by atoms with van der Waals surface area (Å²) in [7, 11) is -2.81. The van der Waals surface area contributed by atoms with Crippen LogP contribution in [0.3, 0.4) is 0 Å². The van der Waals surface area contributed by atoms with Gasteiger partial charge in [-0.1, -0.05) is 60.7 Å². The van der Waals surface area contributed by atoms with Crippen LogP contribution in [0.25, 0.3) is 0 Å². The standard InChI is InChI=1S/C26H32O4Si/c1-3-7-21(8-4-1)31(22-9-5-2-6-10-22,27-17-19-11-13-23-25(15-19)29-23)28-18-20-12-14-24-26(16-20)30-24/h1-10,19-20,23-26H,11-18H2. The molecular formula is C26H32O4Si. The molecule has 0 N–H and O–H groups in total. The first-order valence-corrected chi connectivity index (χ1v) is 13.8. The van der Waals surface area contributed by atoms with Crippen molar-refractivity contribution < 1.29 is 18.3 Å². The minimum Gasteiger partial charge on any atom is -0.387 e. The Balaban J connectivity index is 1.27. The number of hydrogen-bond donors (Lipinski definition) is 0. The van der Waals surface area contributed by atoms with Crippen LogP contribution >= 0.6 is 0 Å². The molecule has 6 rings (SSSR count). The quantitative estimate of drug-likeness (QED) is 0.470. The molecule has 0 bridgehead atoms. The lowest BCUT2D eigenvalue weighted by atomic mass is 9.90. The number of benzene rings is 2. The van der Waals surface area contributed by atoms with Crippen molar-refractivity contribution in [3.8, 4) is 0 Å². The SMILES string of the molecule is c1ccc([Si](OCC2CCC3OC3C2)(OCC2CCC3OC3C2)c2ccccc2)cc1. The fraction of sp³-hybridized carbons (Fsp3) is 0.538. The van der Waals surface area contributed by atoms with Gasteiger partial charge in [0.1, 0.15) is 0 Å². The molecule has 2 heterocycles. The zero-order valence-corrected chi connectivity index (χ0v) is 19.0. The van der Waals surface area contributed by atoms with E-state index in [2.05, 4.69) is 60.7 Å². The summed E-state index contributed by atoms with van der Waals surface area (Å²) in [6.07, 6.45) is 8.99. The zero-order chi connectivity index (χ0) is 20.7. The van der Waals surface area contributed by atoms with Crippen molar-refractivity contribution in [3.63, 3.8) is 0 Å². The summed E-state index contributed by atoms with van der Waals surface area (Å²) >= 11 is 0. The average Bonchev–Trinajstić information content (AvgIpc) is 3.75. The fourth-order valence-corrected chi connectivity index (χ4v) is 8.89. The van der Waals surface area contributed by atoms with Crippen molar-refractivity contribution in [2.75, 3.05) is 13.2 Å². The van der Waals surface area contributed by atoms with Crippen LogP contribution < -0.4 is 10.4 Å². The van der Waals surface area contributed by atoms with Crippen molar-refractivity contribution in [1.82, 2.24) is 0 Å². The second-order valence-electron chi connectivity index (χ2n) is 9.75. The minimum atomic E-state index is -2.81. The van der Waals surface area contributed by atoms with E-state index in [1.807, 2.05) is 0 Å². The average molecular weight is 437 g/mol. The summed E-state index contributed by atoms with van der Waals surface area (Å²) in [4.78, 5) is 0. The maximum Gasteiger partial charge on any atom is 0.407 e. The van der Waals surface area contributed by atoms with E-state index < -0.39 is 8.56 Å². The Kier molecular flexibility index (Phi) is 5.49. The molecule has 4 aliphatic rings. The van der Waals surface area contributed by atoms with E-state index in [0.717, 1.165) is 26.1 Å². The van der Waals surface area contributed by atoms with E-state index in [1.165, 1.54) is 36.1 Å². The normalized spacial score (nSPS) is 33.9. The first-order chi connectivity index (χ1) is 15.3. The summed E-state index contributed by atoms with van der Waals surface area (Å²) < 4.78 is 25.5. The molecule has 4 fully saturated rings. The molecule has 2 aromatic rings. The van der Waals surface area contributed by atoms with Crippen LogP contribution in [0.15, 0.2) is 60.7 Å². The highest BCUT2D eigenvalue weighted by Crippen LogP contribution is 2.41. The van der Waals surface area contributed by atoms with Gasteiger partial charge in [-0.2, -0.15) is 0 Å². The molecule has 31 heavy (non-hydrogen) atoms. The van der Waals surface area contributed by atoms with Gasteiger partial charge in [0.05, 0.1) is 24.4 Å². The van der Waals surface area contributed by atoms with Gasteiger partial charge >= 0.3 is 8.56 Å². The summed E-state index contributed by atoms with van der Waals surface area (Å²) in [6, 6.07) is 21.4. The van der Waals surface area contributed by atoms with Crippen molar-refractivity contribution in [2.24, 2.45) is 11.8 Å². The van der Waals surface area contributed by atoms with Gasteiger partial charge in [-0.25, -0.2) is 0 Å². The number of epoxide rings is 2. The van der Waals surface area contributed by atoms with Gasteiger partial charge < -0.3 is 18.3 Å². The first-order valence-electron chi connectivity index (χ1n) is 12.0. The van der Waals surface area contributed by atoms with Crippen LogP contribution in [0.5, 0.6) is 0 Å². The Morgan fingerprint density at radius 1 is 0.613 bits per heavy atom. The van der Waals surface area contributed by atoms with Crippen LogP contribution in [-0.4, -0.2) is 46.2 Å². The zero-order valence-electron chi connectivity index (χ0n) is 18.0. The third-order valence-corrected chi connectivity index (χ3v) is 10.9. The van der Waals surface area contributed by atoms with E-state index in [0.29, 0.717) is 36.3 Å². The Morgan fingerprint density at radius 3 is 1.48 bits per heavy atom. The van der Waals surface area contributed by atoms with E-state index in [-0.39, 0.29) is 0 Å². The van der Waals surface area contributed by atoms with E-state index >= 15 is 0 Å². The van der Waals surface area contributed by atoms with Crippen molar-refractivity contribution >= 4 is 18.9 Å². The molecule has 2 aliphatic carbocycles. The monoisotopic (exact) mass is 436 g/mol. The topological polar surface area (TPSA) is 43.5 Å². The Labute approximate surface area is 186 Å². The molecule has 0 spiro atoms. The van der Waals surface area contributed by atoms with Crippen molar-refractivity contribution in [1.29, 1.82) is 0 Å². The van der Waals surface area contributed by atoms with Crippen LogP contribution in [0.2, 0.25) is 0 Å². The van der Waals surface area contributed by atoms with Gasteiger partial charge in [-0.15, -0.1) is 0 Å². The van der Waals surface area contributed by atoms with Crippen molar-refractivity contribution in [3.05, 3.63) is 60.7 Å². The maximum atomic E-state index is 6.97. The predicted octanol–water partition coefficient (Wildman–Crippen LogP) is 3.41. The lowest BCUT2D eigenvalue weighted by molar-refractivity contribution is 0.128. The number of hydrogen-bond acceptors (Lipinski definition) is 4. The molecule has 0 radical (unpaired) electrons. The van der Waals surface area contributed by atoms with E-state index in [9.17, 15) is 0 Å². The summed E-state index contributed by atoms with van der Waals surface area (Å²) in [6.45, 7) is 1.50. The highest BCUT2D eigenvalue weighted by Gasteiger charge is 2.48. The number of ether oxygens (including phenoxy) is 2. The molecule has 2 saturated heterocycles. The highest BCUT2D eigenvalue weighted by molar-refractivity contribution is 6.92. The van der Waals surface area contributed by atoms with Gasteiger partial charge in [0.2, 0.25) is 0 Å². The molecular weight excluding hydrogens is 404 g/mol. The molecule has 4 nitrogen and oxygen atoms in total. The molecule has 6 unspecified atom stereocenters. The first kappa shape index (κ1) is 20.1. The molecule has 6 atom stereocenters. The lowest BCUT2D eigenvalue weighted by Gasteiger charge is -2.35. The molecule has 0 aromatic heterocycles. The van der Waals surface area contributed by atoms with Crippen LogP contribution in [-0.2, 0) is 18.3 Å². The predicted molar refractivity (Wildman–Crippen MR) is 122 cm³/mol. The van der Waals surface area contributed by atoms with Gasteiger partial charge in [0, 0.05) is 13.2 Å². The summed E-state index contributed by atoms with van der Waals surface area (Å²) in [5.41, 5.74) is 0. The molecule has 2 aromatic carbocycles. The van der Waals surface area contributed by atoms with E-state index in [4.69, 9.17) is 18.3 Å². The van der Waals surface area contributed by atoms with Gasteiger partial charge in [0.25, 0.3) is 0 Å². The second-order valence-corrected chi connectivity index (χ2v) is 12.7. The molecule has 2 aliphatic heterocycles. The van der Waals surface area contributed by atoms with Gasteiger partial charge in [0.15, 0.2) is 0 Å². The minimum absolute atomic E-state index is 0.474.